The zero-order valence-corrected chi connectivity index (χ0v) is 8.47. The van der Waals surface area contributed by atoms with Crippen LogP contribution >= 0.6 is 0 Å². The van der Waals surface area contributed by atoms with Crippen LogP contribution in [-0.2, 0) is 11.0 Å². The van der Waals surface area contributed by atoms with E-state index in [1.807, 2.05) is 0 Å². The topological polar surface area (TPSA) is 26.3 Å². The van der Waals surface area contributed by atoms with Crippen LogP contribution in [0.2, 0.25) is 0 Å². The van der Waals surface area contributed by atoms with E-state index in [2.05, 4.69) is 11.3 Å². The first kappa shape index (κ1) is 12.3. The molecule has 5 heteroatoms. The SMILES string of the molecule is C=Cc1cc(OC(C)=O)cc(C(F)(F)F)c1. The second kappa shape index (κ2) is 4.38. The molecule has 0 heterocycles. The summed E-state index contributed by atoms with van der Waals surface area (Å²) in [7, 11) is 0. The summed E-state index contributed by atoms with van der Waals surface area (Å²) in [4.78, 5) is 10.6. The molecule has 0 bridgehead atoms. The molecule has 0 atom stereocenters. The number of hydrogen-bond donors (Lipinski definition) is 0. The van der Waals surface area contributed by atoms with E-state index in [1.54, 1.807) is 0 Å². The Morgan fingerprint density at radius 2 is 2.00 bits per heavy atom. The molecule has 2 nitrogen and oxygen atoms in total. The van der Waals surface area contributed by atoms with Crippen LogP contribution in [0.25, 0.3) is 6.08 Å². The maximum absolute atomic E-state index is 12.4. The standard InChI is InChI=1S/C11H9F3O2/c1-3-8-4-9(11(12,13)14)6-10(5-8)16-7(2)15/h3-6H,1H2,2H3. The second-order valence-corrected chi connectivity index (χ2v) is 3.09. The van der Waals surface area contributed by atoms with Gasteiger partial charge in [0, 0.05) is 6.92 Å². The van der Waals surface area contributed by atoms with Gasteiger partial charge in [-0.1, -0.05) is 12.7 Å². The first-order valence-electron chi connectivity index (χ1n) is 4.36. The summed E-state index contributed by atoms with van der Waals surface area (Å²) in [6.07, 6.45) is -3.23. The third-order valence-corrected chi connectivity index (χ3v) is 1.75. The van der Waals surface area contributed by atoms with Crippen molar-refractivity contribution in [2.24, 2.45) is 0 Å². The zero-order valence-electron chi connectivity index (χ0n) is 8.47. The lowest BCUT2D eigenvalue weighted by molar-refractivity contribution is -0.138. The normalized spacial score (nSPS) is 11.0. The molecule has 0 aromatic heterocycles. The van der Waals surface area contributed by atoms with E-state index in [1.165, 1.54) is 12.1 Å². The summed E-state index contributed by atoms with van der Waals surface area (Å²) in [6, 6.07) is 3.01. The number of hydrogen-bond acceptors (Lipinski definition) is 2. The molecule has 0 N–H and O–H groups in total. The van der Waals surface area contributed by atoms with E-state index in [4.69, 9.17) is 0 Å². The highest BCUT2D eigenvalue weighted by atomic mass is 19.4. The number of carbonyl (C=O) groups excluding carboxylic acids is 1. The number of halogens is 3. The molecule has 1 rings (SSSR count). The number of ether oxygens (including phenoxy) is 1. The quantitative estimate of drug-likeness (QED) is 0.575. The Labute approximate surface area is 90.3 Å². The fraction of sp³-hybridized carbons (Fsp3) is 0.182. The molecule has 1 aromatic rings. The lowest BCUT2D eigenvalue weighted by Gasteiger charge is -2.10. The average molecular weight is 230 g/mol. The fourth-order valence-corrected chi connectivity index (χ4v) is 1.13. The Morgan fingerprint density at radius 3 is 2.44 bits per heavy atom. The van der Waals surface area contributed by atoms with E-state index in [-0.39, 0.29) is 11.3 Å². The summed E-state index contributed by atoms with van der Waals surface area (Å²) in [6.45, 7) is 4.49. The Morgan fingerprint density at radius 1 is 1.38 bits per heavy atom. The Bertz CT molecular complexity index is 422. The first-order chi connectivity index (χ1) is 7.32. The molecule has 0 unspecified atom stereocenters. The van der Waals surface area contributed by atoms with Crippen LogP contribution in [-0.4, -0.2) is 5.97 Å². The van der Waals surface area contributed by atoms with Gasteiger partial charge in [-0.05, 0) is 23.8 Å². The van der Waals surface area contributed by atoms with Gasteiger partial charge in [0.05, 0.1) is 5.56 Å². The van der Waals surface area contributed by atoms with Crippen molar-refractivity contribution in [3.05, 3.63) is 35.9 Å². The van der Waals surface area contributed by atoms with Crippen LogP contribution in [0.4, 0.5) is 13.2 Å². The van der Waals surface area contributed by atoms with Gasteiger partial charge in [-0.15, -0.1) is 0 Å². The molecular weight excluding hydrogens is 221 g/mol. The molecule has 0 aliphatic rings. The Kier molecular flexibility index (Phi) is 3.37. The van der Waals surface area contributed by atoms with Crippen LogP contribution in [0.15, 0.2) is 24.8 Å². The first-order valence-corrected chi connectivity index (χ1v) is 4.36. The van der Waals surface area contributed by atoms with E-state index in [0.717, 1.165) is 19.1 Å². The van der Waals surface area contributed by atoms with Gasteiger partial charge in [-0.25, -0.2) is 0 Å². The van der Waals surface area contributed by atoms with Gasteiger partial charge in [0.2, 0.25) is 0 Å². The molecule has 0 aliphatic carbocycles. The van der Waals surface area contributed by atoms with Gasteiger partial charge in [-0.3, -0.25) is 4.79 Å². The predicted molar refractivity (Wildman–Crippen MR) is 52.8 cm³/mol. The average Bonchev–Trinajstić information content (AvgIpc) is 2.14. The van der Waals surface area contributed by atoms with E-state index < -0.39 is 17.7 Å². The highest BCUT2D eigenvalue weighted by molar-refractivity contribution is 5.70. The summed E-state index contributed by atoms with van der Waals surface area (Å²) in [5, 5.41) is 0. The van der Waals surface area contributed by atoms with Gasteiger partial charge in [0.25, 0.3) is 0 Å². The Hall–Kier alpha value is -1.78. The predicted octanol–water partition coefficient (Wildman–Crippen LogP) is 3.27. The number of alkyl halides is 3. The monoisotopic (exact) mass is 230 g/mol. The molecule has 1 aromatic carbocycles. The van der Waals surface area contributed by atoms with Gasteiger partial charge in [-0.2, -0.15) is 13.2 Å². The smallest absolute Gasteiger partial charge is 0.416 e. The lowest BCUT2D eigenvalue weighted by Crippen LogP contribution is -2.07. The lowest BCUT2D eigenvalue weighted by atomic mass is 10.1. The number of carbonyl (C=O) groups is 1. The van der Waals surface area contributed by atoms with Gasteiger partial charge < -0.3 is 4.74 Å². The summed E-state index contributed by atoms with van der Waals surface area (Å²) >= 11 is 0. The van der Waals surface area contributed by atoms with Gasteiger partial charge in [0.1, 0.15) is 5.75 Å². The Balaban J connectivity index is 3.21. The molecule has 16 heavy (non-hydrogen) atoms. The minimum Gasteiger partial charge on any atom is -0.427 e. The zero-order chi connectivity index (χ0) is 12.3. The van der Waals surface area contributed by atoms with Crippen molar-refractivity contribution in [1.82, 2.24) is 0 Å². The van der Waals surface area contributed by atoms with Gasteiger partial charge >= 0.3 is 12.1 Å². The van der Waals surface area contributed by atoms with Crippen LogP contribution < -0.4 is 4.74 Å². The molecule has 86 valence electrons. The number of esters is 1. The van der Waals surface area contributed by atoms with E-state index >= 15 is 0 Å². The van der Waals surface area contributed by atoms with Crippen molar-refractivity contribution >= 4 is 12.0 Å². The highest BCUT2D eigenvalue weighted by Crippen LogP contribution is 2.32. The van der Waals surface area contributed by atoms with E-state index in [9.17, 15) is 18.0 Å². The number of rotatable bonds is 2. The van der Waals surface area contributed by atoms with Crippen molar-refractivity contribution in [1.29, 1.82) is 0 Å². The van der Waals surface area contributed by atoms with Crippen LogP contribution in [0.5, 0.6) is 5.75 Å². The third-order valence-electron chi connectivity index (χ3n) is 1.75. The van der Waals surface area contributed by atoms with Crippen molar-refractivity contribution in [3.63, 3.8) is 0 Å². The molecule has 0 aliphatic heterocycles. The minimum absolute atomic E-state index is 0.141. The maximum atomic E-state index is 12.4. The van der Waals surface area contributed by atoms with Crippen molar-refractivity contribution < 1.29 is 22.7 Å². The summed E-state index contributed by atoms with van der Waals surface area (Å²) in [5.74, 6) is -0.813. The molecule has 0 saturated heterocycles. The van der Waals surface area contributed by atoms with E-state index in [0.29, 0.717) is 0 Å². The third kappa shape index (κ3) is 3.12. The minimum atomic E-state index is -4.48. The van der Waals surface area contributed by atoms with Crippen LogP contribution in [0.3, 0.4) is 0 Å². The summed E-state index contributed by atoms with van der Waals surface area (Å²) in [5.41, 5.74) is -0.632. The fourth-order valence-electron chi connectivity index (χ4n) is 1.13. The van der Waals surface area contributed by atoms with Crippen LogP contribution in [0.1, 0.15) is 18.1 Å². The van der Waals surface area contributed by atoms with Crippen molar-refractivity contribution in [2.45, 2.75) is 13.1 Å². The molecule has 0 fully saturated rings. The van der Waals surface area contributed by atoms with Crippen molar-refractivity contribution in [3.8, 4) is 5.75 Å². The van der Waals surface area contributed by atoms with Crippen LogP contribution in [0, 0.1) is 0 Å². The molecule has 0 radical (unpaired) electrons. The van der Waals surface area contributed by atoms with Gasteiger partial charge in [0.15, 0.2) is 0 Å². The highest BCUT2D eigenvalue weighted by Gasteiger charge is 2.31. The van der Waals surface area contributed by atoms with Crippen molar-refractivity contribution in [2.75, 3.05) is 0 Å². The largest absolute Gasteiger partial charge is 0.427 e. The number of benzene rings is 1. The molecule has 0 saturated carbocycles. The second-order valence-electron chi connectivity index (χ2n) is 3.09. The summed E-state index contributed by atoms with van der Waals surface area (Å²) < 4.78 is 41.9. The molecule has 0 amide bonds. The maximum Gasteiger partial charge on any atom is 0.416 e. The molecule has 0 spiro atoms. The molecular formula is C11H9F3O2.